The van der Waals surface area contributed by atoms with Crippen molar-refractivity contribution in [3.8, 4) is 0 Å². The topological polar surface area (TPSA) is 47.4 Å². The van der Waals surface area contributed by atoms with Crippen LogP contribution in [-0.2, 0) is 9.53 Å². The molecule has 0 radical (unpaired) electrons. The Hall–Kier alpha value is -2.14. The quantitative estimate of drug-likeness (QED) is 0.871. The van der Waals surface area contributed by atoms with Crippen LogP contribution in [0.4, 0.5) is 0 Å². The van der Waals surface area contributed by atoms with E-state index in [9.17, 15) is 4.79 Å². The monoisotopic (exact) mass is 299 g/mol. The molecule has 116 valence electrons. The largest absolute Gasteiger partial charge is 0.367 e. The van der Waals surface area contributed by atoms with Crippen LogP contribution >= 0.6 is 0 Å². The molecular formula is C17H21N3O2. The first kappa shape index (κ1) is 14.8. The Morgan fingerprint density at radius 2 is 2.18 bits per heavy atom. The first-order valence-electron chi connectivity index (χ1n) is 7.63. The van der Waals surface area contributed by atoms with E-state index < -0.39 is 6.10 Å². The van der Waals surface area contributed by atoms with Crippen LogP contribution in [0.25, 0.3) is 0 Å². The van der Waals surface area contributed by atoms with Crippen LogP contribution in [0.1, 0.15) is 30.6 Å². The van der Waals surface area contributed by atoms with Gasteiger partial charge >= 0.3 is 0 Å². The van der Waals surface area contributed by atoms with E-state index >= 15 is 0 Å². The number of imidazole rings is 1. The third-order valence-corrected chi connectivity index (χ3v) is 4.22. The highest BCUT2D eigenvalue weighted by molar-refractivity contribution is 5.82. The van der Waals surface area contributed by atoms with Gasteiger partial charge in [0.2, 0.25) is 0 Å². The van der Waals surface area contributed by atoms with Gasteiger partial charge in [0.05, 0.1) is 12.4 Å². The molecule has 22 heavy (non-hydrogen) atoms. The van der Waals surface area contributed by atoms with E-state index in [-0.39, 0.29) is 5.91 Å². The minimum absolute atomic E-state index is 0.0403. The minimum atomic E-state index is -0.525. The van der Waals surface area contributed by atoms with Crippen LogP contribution < -0.4 is 0 Å². The predicted octanol–water partition coefficient (Wildman–Crippen LogP) is 2.43. The zero-order valence-electron chi connectivity index (χ0n) is 12.8. The average molecular weight is 299 g/mol. The first-order chi connectivity index (χ1) is 10.8. The molecule has 2 atom stereocenters. The zero-order valence-corrected chi connectivity index (χ0v) is 12.8. The van der Waals surface area contributed by atoms with Gasteiger partial charge in [0.1, 0.15) is 0 Å². The lowest BCUT2D eigenvalue weighted by Gasteiger charge is -2.35. The summed E-state index contributed by atoms with van der Waals surface area (Å²) in [5.41, 5.74) is 0.903. The lowest BCUT2D eigenvalue weighted by molar-refractivity contribution is -0.144. The summed E-state index contributed by atoms with van der Waals surface area (Å²) in [6.07, 6.45) is 7.11. The summed E-state index contributed by atoms with van der Waals surface area (Å²) in [6, 6.07) is 9.97. The minimum Gasteiger partial charge on any atom is -0.367 e. The van der Waals surface area contributed by atoms with Crippen LogP contribution in [-0.4, -0.2) is 40.6 Å². The Bertz CT molecular complexity index is 598. The van der Waals surface area contributed by atoms with Crippen LogP contribution in [0.2, 0.25) is 0 Å². The smallest absolute Gasteiger partial charge is 0.256 e. The fourth-order valence-corrected chi connectivity index (χ4v) is 3.06. The molecule has 2 aromatic rings. The van der Waals surface area contributed by atoms with Gasteiger partial charge < -0.3 is 14.2 Å². The number of hydrogen-bond donors (Lipinski definition) is 0. The van der Waals surface area contributed by atoms with Crippen molar-refractivity contribution in [3.63, 3.8) is 0 Å². The van der Waals surface area contributed by atoms with Gasteiger partial charge in [0.15, 0.2) is 6.10 Å². The molecule has 0 N–H and O–H groups in total. The maximum atomic E-state index is 12.8. The van der Waals surface area contributed by atoms with Gasteiger partial charge in [0.25, 0.3) is 5.91 Å². The van der Waals surface area contributed by atoms with E-state index in [1.54, 1.807) is 13.3 Å². The SMILES string of the molecule is CO[C@@H](C(=O)N1CCC[C@H](n2ccnc2)C1)c1ccccc1. The van der Waals surface area contributed by atoms with E-state index in [1.165, 1.54) is 0 Å². The second-order valence-corrected chi connectivity index (χ2v) is 5.62. The summed E-state index contributed by atoms with van der Waals surface area (Å²) in [7, 11) is 1.59. The number of rotatable bonds is 4. The molecule has 2 heterocycles. The number of likely N-dealkylation sites (tertiary alicyclic amines) is 1. The Balaban J connectivity index is 1.73. The van der Waals surface area contributed by atoms with E-state index in [1.807, 2.05) is 47.8 Å². The highest BCUT2D eigenvalue weighted by Gasteiger charge is 2.30. The van der Waals surface area contributed by atoms with E-state index in [0.29, 0.717) is 12.6 Å². The number of piperidine rings is 1. The zero-order chi connectivity index (χ0) is 15.4. The van der Waals surface area contributed by atoms with Crippen molar-refractivity contribution in [3.05, 3.63) is 54.6 Å². The normalized spacial score (nSPS) is 19.9. The number of methoxy groups -OCH3 is 1. The second kappa shape index (κ2) is 6.75. The number of benzene rings is 1. The van der Waals surface area contributed by atoms with Crippen LogP contribution in [0.3, 0.4) is 0 Å². The van der Waals surface area contributed by atoms with Crippen molar-refractivity contribution in [2.45, 2.75) is 25.0 Å². The van der Waals surface area contributed by atoms with Crippen LogP contribution in [0.5, 0.6) is 0 Å². The van der Waals surface area contributed by atoms with Crippen molar-refractivity contribution in [2.75, 3.05) is 20.2 Å². The van der Waals surface area contributed by atoms with Crippen molar-refractivity contribution in [1.82, 2.24) is 14.5 Å². The molecule has 0 saturated carbocycles. The first-order valence-corrected chi connectivity index (χ1v) is 7.63. The number of carbonyl (C=O) groups excluding carboxylic acids is 1. The van der Waals surface area contributed by atoms with E-state index in [4.69, 9.17) is 4.74 Å². The average Bonchev–Trinajstić information content (AvgIpc) is 3.11. The lowest BCUT2D eigenvalue weighted by Crippen LogP contribution is -2.43. The maximum Gasteiger partial charge on any atom is 0.256 e. The standard InChI is InChI=1S/C17H21N3O2/c1-22-16(14-6-3-2-4-7-14)17(21)19-10-5-8-15(12-19)20-11-9-18-13-20/h2-4,6-7,9,11,13,15-16H,5,8,10,12H2,1H3/t15-,16+/m0/s1. The molecule has 5 heteroatoms. The molecule has 1 aliphatic rings. The summed E-state index contributed by atoms with van der Waals surface area (Å²) in [5, 5.41) is 0. The third-order valence-electron chi connectivity index (χ3n) is 4.22. The maximum absolute atomic E-state index is 12.8. The van der Waals surface area contributed by atoms with Crippen molar-refractivity contribution in [1.29, 1.82) is 0 Å². The Morgan fingerprint density at radius 3 is 2.86 bits per heavy atom. The van der Waals surface area contributed by atoms with E-state index in [0.717, 1.165) is 24.9 Å². The van der Waals surface area contributed by atoms with Crippen molar-refractivity contribution in [2.24, 2.45) is 0 Å². The highest BCUT2D eigenvalue weighted by atomic mass is 16.5. The molecule has 1 aromatic carbocycles. The van der Waals surface area contributed by atoms with Crippen LogP contribution in [0.15, 0.2) is 49.1 Å². The lowest BCUT2D eigenvalue weighted by atomic mass is 10.0. The van der Waals surface area contributed by atoms with E-state index in [2.05, 4.69) is 9.55 Å². The van der Waals surface area contributed by atoms with Gasteiger partial charge in [0, 0.05) is 32.6 Å². The molecule has 0 spiro atoms. The number of hydrogen-bond acceptors (Lipinski definition) is 3. The molecule has 1 amide bonds. The molecule has 1 aliphatic heterocycles. The van der Waals surface area contributed by atoms with Crippen molar-refractivity contribution < 1.29 is 9.53 Å². The highest BCUT2D eigenvalue weighted by Crippen LogP contribution is 2.25. The molecule has 1 saturated heterocycles. The number of aromatic nitrogens is 2. The van der Waals surface area contributed by atoms with Gasteiger partial charge in [-0.2, -0.15) is 0 Å². The number of carbonyl (C=O) groups is 1. The predicted molar refractivity (Wildman–Crippen MR) is 83.3 cm³/mol. The van der Waals surface area contributed by atoms with Gasteiger partial charge in [-0.25, -0.2) is 4.98 Å². The number of amides is 1. The Labute approximate surface area is 130 Å². The number of ether oxygens (including phenoxy) is 1. The van der Waals surface area contributed by atoms with Gasteiger partial charge in [-0.1, -0.05) is 30.3 Å². The summed E-state index contributed by atoms with van der Waals surface area (Å²) in [5.74, 6) is 0.0403. The summed E-state index contributed by atoms with van der Waals surface area (Å²) >= 11 is 0. The fraction of sp³-hybridized carbons (Fsp3) is 0.412. The molecule has 0 aliphatic carbocycles. The summed E-state index contributed by atoms with van der Waals surface area (Å²) in [6.45, 7) is 1.50. The molecule has 0 bridgehead atoms. The molecule has 3 rings (SSSR count). The molecular weight excluding hydrogens is 278 g/mol. The molecule has 5 nitrogen and oxygen atoms in total. The Morgan fingerprint density at radius 1 is 1.36 bits per heavy atom. The van der Waals surface area contributed by atoms with Crippen LogP contribution in [0, 0.1) is 0 Å². The summed E-state index contributed by atoms with van der Waals surface area (Å²) < 4.78 is 7.55. The van der Waals surface area contributed by atoms with Crippen molar-refractivity contribution >= 4 is 5.91 Å². The molecule has 1 aromatic heterocycles. The van der Waals surface area contributed by atoms with Gasteiger partial charge in [-0.05, 0) is 18.4 Å². The molecule has 0 unspecified atom stereocenters. The fourth-order valence-electron chi connectivity index (χ4n) is 3.06. The second-order valence-electron chi connectivity index (χ2n) is 5.62. The third kappa shape index (κ3) is 3.04. The Kier molecular flexibility index (Phi) is 4.53. The van der Waals surface area contributed by atoms with Gasteiger partial charge in [-0.15, -0.1) is 0 Å². The number of nitrogens with zero attached hydrogens (tertiary/aromatic N) is 3. The molecule has 1 fully saturated rings. The van der Waals surface area contributed by atoms with Gasteiger partial charge in [-0.3, -0.25) is 4.79 Å². The summed E-state index contributed by atoms with van der Waals surface area (Å²) in [4.78, 5) is 18.8.